The molecule has 2 unspecified atom stereocenters. The number of carbonyl (C=O) groups excluding carboxylic acids is 4. The van der Waals surface area contributed by atoms with Crippen molar-refractivity contribution in [2.24, 2.45) is 0 Å². The predicted octanol–water partition coefficient (Wildman–Crippen LogP) is 15.5. The van der Waals surface area contributed by atoms with E-state index in [9.17, 15) is 19.2 Å². The molecule has 0 bridgehead atoms. The fraction of sp³-hybridized carbons (Fsp3) is 0.429. The van der Waals surface area contributed by atoms with Crippen LogP contribution in [0.3, 0.4) is 0 Å². The molecule has 0 radical (unpaired) electrons. The van der Waals surface area contributed by atoms with Gasteiger partial charge in [0, 0.05) is 20.1 Å². The van der Waals surface area contributed by atoms with Gasteiger partial charge in [0.25, 0.3) is 11.8 Å². The lowest BCUT2D eigenvalue weighted by Crippen LogP contribution is -2.56. The number of esters is 2. The molecule has 0 N–H and O–H groups in total. The third kappa shape index (κ3) is 19.2. The van der Waals surface area contributed by atoms with Crippen molar-refractivity contribution in [3.63, 3.8) is 0 Å². The minimum Gasteiger partial charge on any atom is -0.493 e. The van der Waals surface area contributed by atoms with Gasteiger partial charge in [-0.25, -0.2) is 0 Å². The highest BCUT2D eigenvalue weighted by molar-refractivity contribution is 6.31. The minimum atomic E-state index is -1.08. The molecule has 0 spiro atoms. The van der Waals surface area contributed by atoms with Crippen molar-refractivity contribution in [2.45, 2.75) is 154 Å². The summed E-state index contributed by atoms with van der Waals surface area (Å²) in [5, 5.41) is 2.20. The summed E-state index contributed by atoms with van der Waals surface area (Å²) in [6, 6.07) is 38.8. The van der Waals surface area contributed by atoms with Gasteiger partial charge >= 0.3 is 11.9 Å². The highest BCUT2D eigenvalue weighted by Gasteiger charge is 2.49. The summed E-state index contributed by atoms with van der Waals surface area (Å²) in [6.07, 6.45) is -2.74. The van der Waals surface area contributed by atoms with E-state index >= 15 is 0 Å². The van der Waals surface area contributed by atoms with E-state index in [-0.39, 0.29) is 50.0 Å². The summed E-state index contributed by atoms with van der Waals surface area (Å²) >= 11 is 25.4. The van der Waals surface area contributed by atoms with E-state index in [0.29, 0.717) is 69.1 Å². The molecule has 6 aromatic rings. The Morgan fingerprint density at radius 1 is 0.467 bits per heavy atom. The maximum atomic E-state index is 14.4. The van der Waals surface area contributed by atoms with Crippen LogP contribution in [0, 0.1) is 0 Å². The van der Waals surface area contributed by atoms with Gasteiger partial charge in [-0.05, 0) is 161 Å². The van der Waals surface area contributed by atoms with Crippen LogP contribution in [0.1, 0.15) is 139 Å². The molecule has 2 heterocycles. The van der Waals surface area contributed by atoms with Crippen molar-refractivity contribution < 1.29 is 66.5 Å². The van der Waals surface area contributed by atoms with Gasteiger partial charge in [-0.3, -0.25) is 19.2 Å². The van der Waals surface area contributed by atoms with Crippen LogP contribution in [0.4, 0.5) is 0 Å². The number of hydrogen-bond acceptors (Lipinski definition) is 14. The monoisotopic (exact) mass is 1310 g/mol. The van der Waals surface area contributed by atoms with Gasteiger partial charge < -0.3 is 57.2 Å². The van der Waals surface area contributed by atoms with E-state index in [0.717, 1.165) is 33.4 Å². The Labute approximate surface area is 549 Å². The largest absolute Gasteiger partial charge is 0.493 e. The highest BCUT2D eigenvalue weighted by atomic mass is 35.5. The maximum absolute atomic E-state index is 14.4. The van der Waals surface area contributed by atoms with Crippen LogP contribution in [0.15, 0.2) is 133 Å². The highest BCUT2D eigenvalue weighted by Crippen LogP contribution is 2.47. The average molecular weight is 1320 g/mol. The maximum Gasteiger partial charge on any atom is 0.309 e. The number of amides is 2. The summed E-state index contributed by atoms with van der Waals surface area (Å²) in [7, 11) is 6.34. The van der Waals surface area contributed by atoms with Crippen LogP contribution in [0.2, 0.25) is 20.1 Å². The van der Waals surface area contributed by atoms with Crippen molar-refractivity contribution in [3.05, 3.63) is 187 Å². The molecule has 8 atom stereocenters. The van der Waals surface area contributed by atoms with Crippen LogP contribution in [-0.4, -0.2) is 111 Å². The molecule has 90 heavy (non-hydrogen) atoms. The van der Waals surface area contributed by atoms with Gasteiger partial charge in [0.2, 0.25) is 0 Å². The first-order valence-electron chi connectivity index (χ1n) is 29.9. The van der Waals surface area contributed by atoms with Gasteiger partial charge in [-0.2, -0.15) is 0 Å². The zero-order chi connectivity index (χ0) is 65.5. The third-order valence-corrected chi connectivity index (χ3v) is 15.9. The molecule has 6 aromatic carbocycles. The Kier molecular flexibility index (Phi) is 25.7. The van der Waals surface area contributed by atoms with Crippen LogP contribution >= 0.6 is 46.4 Å². The lowest BCUT2D eigenvalue weighted by molar-refractivity contribution is -0.188. The first-order valence-corrected chi connectivity index (χ1v) is 31.4. The molecule has 2 aliphatic rings. The number of morpholine rings is 2. The number of halogens is 4. The van der Waals surface area contributed by atoms with E-state index in [4.69, 9.17) is 93.8 Å². The van der Waals surface area contributed by atoms with E-state index in [2.05, 4.69) is 0 Å². The first-order chi connectivity index (χ1) is 42.9. The summed E-state index contributed by atoms with van der Waals surface area (Å²) in [5.41, 5.74) is 3.56. The lowest BCUT2D eigenvalue weighted by Gasteiger charge is -2.48. The fourth-order valence-corrected chi connectivity index (χ4v) is 11.6. The van der Waals surface area contributed by atoms with Crippen LogP contribution in [0.5, 0.6) is 23.0 Å². The number of rotatable bonds is 24. The summed E-state index contributed by atoms with van der Waals surface area (Å²) in [6.45, 7) is 15.8. The molecule has 0 aliphatic carbocycles. The second kappa shape index (κ2) is 32.6. The van der Waals surface area contributed by atoms with Crippen molar-refractivity contribution in [1.29, 1.82) is 0 Å². The number of methoxy groups -OCH3 is 4. The van der Waals surface area contributed by atoms with Gasteiger partial charge in [-0.15, -0.1) is 0 Å². The van der Waals surface area contributed by atoms with E-state index in [1.807, 2.05) is 121 Å². The van der Waals surface area contributed by atoms with Crippen LogP contribution in [-0.2, 0) is 60.8 Å². The molecular weight excluding hydrogens is 1230 g/mol. The van der Waals surface area contributed by atoms with Crippen LogP contribution < -0.4 is 18.9 Å². The molecule has 16 nitrogen and oxygen atoms in total. The van der Waals surface area contributed by atoms with Crippen molar-refractivity contribution in [2.75, 3.05) is 41.7 Å². The quantitative estimate of drug-likeness (QED) is 0.0525. The molecule has 20 heteroatoms. The average Bonchev–Trinajstić information content (AvgIpc) is 0.773. The summed E-state index contributed by atoms with van der Waals surface area (Å²) in [4.78, 5) is 58.3. The number of hydrogen-bond donors (Lipinski definition) is 0. The number of ether oxygens (including phenoxy) is 10. The van der Waals surface area contributed by atoms with Crippen molar-refractivity contribution in [3.8, 4) is 23.0 Å². The predicted molar refractivity (Wildman–Crippen MR) is 348 cm³/mol. The van der Waals surface area contributed by atoms with Gasteiger partial charge in [0.1, 0.15) is 35.6 Å². The topological polar surface area (TPSA) is 167 Å². The molecule has 2 amide bonds. The van der Waals surface area contributed by atoms with E-state index in [1.165, 1.54) is 0 Å². The second-order valence-electron chi connectivity index (χ2n) is 23.8. The molecule has 0 saturated carbocycles. The molecule has 0 aromatic heterocycles. The van der Waals surface area contributed by atoms with Gasteiger partial charge in [-0.1, -0.05) is 121 Å². The van der Waals surface area contributed by atoms with Gasteiger partial charge in [0.05, 0.1) is 91.9 Å². The van der Waals surface area contributed by atoms with Crippen molar-refractivity contribution in [1.82, 2.24) is 9.80 Å². The lowest BCUT2D eigenvalue weighted by atomic mass is 9.89. The first kappa shape index (κ1) is 70.9. The summed E-state index contributed by atoms with van der Waals surface area (Å²) in [5.74, 6) is 0.779. The normalized spacial score (nSPS) is 19.2. The SMILES string of the molecule is CC[C@@H](COCc1ccc(OC)c(OC)c1)N1C(=O)[C@@H](CC(=O)OC(C)(C)C)O[C@@H](c2cccc(Cl)c2)C1c1ccc(Cl)cc1.CC[C@@H](COCc1ccc(OC)c(OC)c1)N1C(=O)[C@H](CC(=O)OC(C)(C)C)O[C@@H](c2cccc(Cl)c2)C1c1ccc(Cl)cc1. The Balaban J connectivity index is 0.000000256. The smallest absolute Gasteiger partial charge is 0.309 e. The molecule has 2 fully saturated rings. The number of nitrogens with zero attached hydrogens (tertiary/aromatic N) is 2. The molecular formula is C70H82Cl4N2O14. The van der Waals surface area contributed by atoms with Crippen molar-refractivity contribution >= 4 is 70.2 Å². The molecule has 2 aliphatic heterocycles. The Hall–Kier alpha value is -6.60. The number of carbonyl (C=O) groups is 4. The Morgan fingerprint density at radius 3 is 1.13 bits per heavy atom. The summed E-state index contributed by atoms with van der Waals surface area (Å²) < 4.78 is 58.2. The third-order valence-electron chi connectivity index (χ3n) is 15.0. The fourth-order valence-electron chi connectivity index (χ4n) is 10.9. The minimum absolute atomic E-state index is 0.236. The van der Waals surface area contributed by atoms with Crippen LogP contribution in [0.25, 0.3) is 0 Å². The molecule has 484 valence electrons. The standard InChI is InChI=1S/2C35H41Cl2NO7/c2*1-7-27(21-43-20-22-11-16-28(41-5)29(17-22)42-6)38-32(23-12-14-25(36)15-13-23)33(24-9-8-10-26(37)18-24)44-30(34(38)40)19-31(39)45-35(2,3)4/h2*8-18,27,30,32-33H,7,19-21H2,1-6H3/t27-,30+,32?,33-;27-,30-,32?,33-/m00/s1. The Morgan fingerprint density at radius 2 is 0.822 bits per heavy atom. The number of benzene rings is 6. The van der Waals surface area contributed by atoms with E-state index in [1.54, 1.807) is 106 Å². The van der Waals surface area contributed by atoms with Gasteiger partial charge in [0.15, 0.2) is 23.0 Å². The Bertz CT molecular complexity index is 3130. The molecule has 8 rings (SSSR count). The molecule has 2 saturated heterocycles. The zero-order valence-electron chi connectivity index (χ0n) is 53.1. The zero-order valence-corrected chi connectivity index (χ0v) is 56.1. The van der Waals surface area contributed by atoms with E-state index < -0.39 is 59.6 Å². The second-order valence-corrected chi connectivity index (χ2v) is 25.5.